The first-order chi connectivity index (χ1) is 10.7. The minimum Gasteiger partial charge on any atom is -0.333 e. The van der Waals surface area contributed by atoms with Crippen LogP contribution in [0.25, 0.3) is 0 Å². The lowest BCUT2D eigenvalue weighted by atomic mass is 10.0. The zero-order valence-electron chi connectivity index (χ0n) is 12.2. The SMILES string of the molecule is C=C1NC(=S)N(Cc2ccncc2)C=C1Cc1ccccc1. The zero-order chi connectivity index (χ0) is 15.4. The van der Waals surface area contributed by atoms with E-state index in [0.29, 0.717) is 5.11 Å². The third-order valence-electron chi connectivity index (χ3n) is 3.56. The summed E-state index contributed by atoms with van der Waals surface area (Å²) in [5.74, 6) is 0. The van der Waals surface area contributed by atoms with Crippen molar-refractivity contribution < 1.29 is 0 Å². The number of benzene rings is 1. The summed E-state index contributed by atoms with van der Waals surface area (Å²) in [6.45, 7) is 4.80. The van der Waals surface area contributed by atoms with Crippen molar-refractivity contribution in [1.82, 2.24) is 15.2 Å². The summed E-state index contributed by atoms with van der Waals surface area (Å²) >= 11 is 5.41. The number of aromatic nitrogens is 1. The summed E-state index contributed by atoms with van der Waals surface area (Å²) in [4.78, 5) is 6.08. The van der Waals surface area contributed by atoms with Crippen LogP contribution in [0.2, 0.25) is 0 Å². The summed E-state index contributed by atoms with van der Waals surface area (Å²) in [6.07, 6.45) is 6.52. The van der Waals surface area contributed by atoms with Gasteiger partial charge in [-0.1, -0.05) is 36.9 Å². The monoisotopic (exact) mass is 307 g/mol. The maximum atomic E-state index is 5.41. The van der Waals surface area contributed by atoms with Crippen molar-refractivity contribution in [3.8, 4) is 0 Å². The molecule has 4 heteroatoms. The van der Waals surface area contributed by atoms with E-state index in [1.807, 2.05) is 35.2 Å². The van der Waals surface area contributed by atoms with Crippen LogP contribution in [0.1, 0.15) is 11.1 Å². The predicted octanol–water partition coefficient (Wildman–Crippen LogP) is 3.41. The van der Waals surface area contributed by atoms with Crippen molar-refractivity contribution in [3.63, 3.8) is 0 Å². The molecular formula is C18H17N3S. The lowest BCUT2D eigenvalue weighted by Crippen LogP contribution is -2.40. The molecule has 0 saturated carbocycles. The van der Waals surface area contributed by atoms with Crippen molar-refractivity contribution in [2.75, 3.05) is 0 Å². The maximum absolute atomic E-state index is 5.41. The second-order valence-corrected chi connectivity index (χ2v) is 5.60. The average molecular weight is 307 g/mol. The molecule has 3 rings (SSSR count). The van der Waals surface area contributed by atoms with Crippen LogP contribution in [0.15, 0.2) is 78.9 Å². The van der Waals surface area contributed by atoms with Crippen LogP contribution in [-0.2, 0) is 13.0 Å². The molecule has 0 fully saturated rings. The molecular weight excluding hydrogens is 290 g/mol. The Balaban J connectivity index is 1.81. The predicted molar refractivity (Wildman–Crippen MR) is 92.9 cm³/mol. The van der Waals surface area contributed by atoms with Gasteiger partial charge in [0.1, 0.15) is 0 Å². The van der Waals surface area contributed by atoms with Gasteiger partial charge >= 0.3 is 0 Å². The molecule has 1 N–H and O–H groups in total. The van der Waals surface area contributed by atoms with Gasteiger partial charge in [0.2, 0.25) is 0 Å². The van der Waals surface area contributed by atoms with Crippen LogP contribution >= 0.6 is 12.2 Å². The van der Waals surface area contributed by atoms with Gasteiger partial charge in [0.05, 0.1) is 0 Å². The molecule has 0 bridgehead atoms. The van der Waals surface area contributed by atoms with Gasteiger partial charge in [0, 0.05) is 37.3 Å². The maximum Gasteiger partial charge on any atom is 0.177 e. The van der Waals surface area contributed by atoms with E-state index in [9.17, 15) is 0 Å². The van der Waals surface area contributed by atoms with E-state index in [1.54, 1.807) is 12.4 Å². The molecule has 2 aromatic rings. The minimum atomic E-state index is 0.679. The zero-order valence-corrected chi connectivity index (χ0v) is 13.0. The Morgan fingerprint density at radius 1 is 1.05 bits per heavy atom. The van der Waals surface area contributed by atoms with E-state index in [4.69, 9.17) is 12.2 Å². The van der Waals surface area contributed by atoms with Crippen molar-refractivity contribution in [3.05, 3.63) is 90.0 Å². The third kappa shape index (κ3) is 3.40. The van der Waals surface area contributed by atoms with Crippen LogP contribution in [0, 0.1) is 0 Å². The number of thiocarbonyl (C=S) groups is 1. The highest BCUT2D eigenvalue weighted by Gasteiger charge is 2.18. The fourth-order valence-electron chi connectivity index (χ4n) is 2.38. The van der Waals surface area contributed by atoms with Crippen LogP contribution in [-0.4, -0.2) is 15.0 Å². The normalized spacial score (nSPS) is 14.5. The highest BCUT2D eigenvalue weighted by Crippen LogP contribution is 2.20. The lowest BCUT2D eigenvalue weighted by Gasteiger charge is -2.30. The summed E-state index contributed by atoms with van der Waals surface area (Å²) in [7, 11) is 0. The van der Waals surface area contributed by atoms with Crippen LogP contribution in [0.4, 0.5) is 0 Å². The quantitative estimate of drug-likeness (QED) is 0.876. The van der Waals surface area contributed by atoms with Gasteiger partial charge in [-0.2, -0.15) is 0 Å². The number of allylic oxidation sites excluding steroid dienone is 1. The number of hydrogen-bond donors (Lipinski definition) is 1. The van der Waals surface area contributed by atoms with E-state index in [1.165, 1.54) is 11.1 Å². The molecule has 0 unspecified atom stereocenters. The van der Waals surface area contributed by atoms with Crippen molar-refractivity contribution >= 4 is 17.3 Å². The number of nitrogens with one attached hydrogen (secondary N) is 1. The summed E-state index contributed by atoms with van der Waals surface area (Å²) in [5, 5.41) is 3.88. The van der Waals surface area contributed by atoms with Crippen molar-refractivity contribution in [2.24, 2.45) is 0 Å². The molecule has 0 radical (unpaired) electrons. The minimum absolute atomic E-state index is 0.679. The van der Waals surface area contributed by atoms with Crippen molar-refractivity contribution in [2.45, 2.75) is 13.0 Å². The van der Waals surface area contributed by atoms with E-state index < -0.39 is 0 Å². The van der Waals surface area contributed by atoms with E-state index in [-0.39, 0.29) is 0 Å². The molecule has 0 aliphatic carbocycles. The Labute approximate surface area is 136 Å². The number of rotatable bonds is 4. The second kappa shape index (κ2) is 6.54. The third-order valence-corrected chi connectivity index (χ3v) is 3.89. The molecule has 3 nitrogen and oxygen atoms in total. The van der Waals surface area contributed by atoms with E-state index in [2.05, 4.69) is 35.2 Å². The van der Waals surface area contributed by atoms with Gasteiger partial charge in [-0.25, -0.2) is 0 Å². The molecule has 0 atom stereocenters. The number of nitrogens with zero attached hydrogens (tertiary/aromatic N) is 2. The fourth-order valence-corrected chi connectivity index (χ4v) is 2.62. The van der Waals surface area contributed by atoms with Crippen LogP contribution in [0.3, 0.4) is 0 Å². The molecule has 0 amide bonds. The number of pyridine rings is 1. The van der Waals surface area contributed by atoms with E-state index in [0.717, 1.165) is 24.2 Å². The highest BCUT2D eigenvalue weighted by molar-refractivity contribution is 7.80. The fraction of sp³-hybridized carbons (Fsp3) is 0.111. The van der Waals surface area contributed by atoms with Crippen LogP contribution in [0.5, 0.6) is 0 Å². The summed E-state index contributed by atoms with van der Waals surface area (Å²) in [6, 6.07) is 14.4. The second-order valence-electron chi connectivity index (χ2n) is 5.21. The van der Waals surface area contributed by atoms with Crippen molar-refractivity contribution in [1.29, 1.82) is 0 Å². The molecule has 0 saturated heterocycles. The van der Waals surface area contributed by atoms with Gasteiger partial charge < -0.3 is 10.2 Å². The van der Waals surface area contributed by atoms with Gasteiger partial charge in [-0.15, -0.1) is 0 Å². The molecule has 1 aromatic carbocycles. The number of hydrogen-bond acceptors (Lipinski definition) is 2. The van der Waals surface area contributed by atoms with E-state index >= 15 is 0 Å². The molecule has 1 aliphatic rings. The molecule has 22 heavy (non-hydrogen) atoms. The first-order valence-corrected chi connectivity index (χ1v) is 7.53. The topological polar surface area (TPSA) is 28.2 Å². The standard InChI is InChI=1S/C18H17N3S/c1-14-17(11-15-5-3-2-4-6-15)13-21(18(22)20-14)12-16-7-9-19-10-8-16/h2-10,13H,1,11-12H2,(H,20,22). The first-order valence-electron chi connectivity index (χ1n) is 7.13. The summed E-state index contributed by atoms with van der Waals surface area (Å²) in [5.41, 5.74) is 4.45. The summed E-state index contributed by atoms with van der Waals surface area (Å²) < 4.78 is 0. The molecule has 0 spiro atoms. The van der Waals surface area contributed by atoms with Gasteiger partial charge in [-0.3, -0.25) is 4.98 Å². The first kappa shape index (κ1) is 14.5. The van der Waals surface area contributed by atoms with Gasteiger partial charge in [0.25, 0.3) is 0 Å². The van der Waals surface area contributed by atoms with Crippen LogP contribution < -0.4 is 5.32 Å². The molecule has 1 aromatic heterocycles. The largest absolute Gasteiger partial charge is 0.333 e. The molecule has 2 heterocycles. The Hall–Kier alpha value is -2.46. The Morgan fingerprint density at radius 3 is 2.50 bits per heavy atom. The highest BCUT2D eigenvalue weighted by atomic mass is 32.1. The van der Waals surface area contributed by atoms with Gasteiger partial charge in [0.15, 0.2) is 5.11 Å². The Morgan fingerprint density at radius 2 is 1.77 bits per heavy atom. The van der Waals surface area contributed by atoms with Gasteiger partial charge in [-0.05, 0) is 41.1 Å². The lowest BCUT2D eigenvalue weighted by molar-refractivity contribution is 0.528. The smallest absolute Gasteiger partial charge is 0.177 e. The Bertz CT molecular complexity index is 708. The molecule has 1 aliphatic heterocycles. The molecule has 110 valence electrons. The average Bonchev–Trinajstić information content (AvgIpc) is 2.54. The Kier molecular flexibility index (Phi) is 4.30.